The first-order valence-corrected chi connectivity index (χ1v) is 11.9. The van der Waals surface area contributed by atoms with E-state index in [2.05, 4.69) is 0 Å². The number of esters is 2. The zero-order chi connectivity index (χ0) is 26.5. The first-order chi connectivity index (χ1) is 17.7. The predicted octanol–water partition coefficient (Wildman–Crippen LogP) is 4.66. The maximum Gasteiger partial charge on any atom is 0.343 e. The Balaban J connectivity index is 1.31. The third-order valence-electron chi connectivity index (χ3n) is 5.91. The molecule has 37 heavy (non-hydrogen) atoms. The number of aryl methyl sites for hydroxylation is 1. The van der Waals surface area contributed by atoms with Crippen molar-refractivity contribution in [2.45, 2.75) is 13.3 Å². The van der Waals surface area contributed by atoms with E-state index in [0.29, 0.717) is 22.0 Å². The van der Waals surface area contributed by atoms with E-state index in [9.17, 15) is 19.2 Å². The number of halogens is 1. The van der Waals surface area contributed by atoms with Gasteiger partial charge in [0.05, 0.1) is 24.3 Å². The van der Waals surface area contributed by atoms with Gasteiger partial charge < -0.3 is 19.1 Å². The lowest BCUT2D eigenvalue weighted by atomic mass is 10.1. The number of amides is 1. The van der Waals surface area contributed by atoms with Crippen molar-refractivity contribution in [1.82, 2.24) is 0 Å². The van der Waals surface area contributed by atoms with Crippen LogP contribution in [-0.2, 0) is 14.3 Å². The predicted molar refractivity (Wildman–Crippen MR) is 136 cm³/mol. The minimum Gasteiger partial charge on any atom is -0.495 e. The number of nitrogens with zero attached hydrogens (tertiary/aromatic N) is 1. The average Bonchev–Trinajstić information content (AvgIpc) is 3.29. The highest BCUT2D eigenvalue weighted by molar-refractivity contribution is 6.31. The van der Waals surface area contributed by atoms with Crippen LogP contribution in [0.25, 0.3) is 0 Å². The lowest BCUT2D eigenvalue weighted by molar-refractivity contribution is -0.147. The molecule has 1 atom stereocenters. The molecule has 1 heterocycles. The molecular formula is C28H24ClNO7. The SMILES string of the molecule is COc1ccc(Cl)cc1N1C[C@@H](C(=O)OCC(=O)c2ccc(OC(=O)c3ccc(C)cc3)cc2)CC1=O. The monoisotopic (exact) mass is 521 g/mol. The Morgan fingerprint density at radius 3 is 2.32 bits per heavy atom. The third-order valence-corrected chi connectivity index (χ3v) is 6.14. The molecule has 1 fully saturated rings. The van der Waals surface area contributed by atoms with Crippen LogP contribution in [0, 0.1) is 12.8 Å². The molecule has 3 aromatic rings. The Kier molecular flexibility index (Phi) is 7.89. The Hall–Kier alpha value is -4.17. The summed E-state index contributed by atoms with van der Waals surface area (Å²) in [6, 6.07) is 17.8. The van der Waals surface area contributed by atoms with Gasteiger partial charge in [-0.25, -0.2) is 4.79 Å². The fourth-order valence-electron chi connectivity index (χ4n) is 3.87. The molecule has 0 radical (unpaired) electrons. The molecule has 0 aliphatic carbocycles. The quantitative estimate of drug-likeness (QED) is 0.241. The first kappa shape index (κ1) is 25.9. The summed E-state index contributed by atoms with van der Waals surface area (Å²) in [6.45, 7) is 1.53. The van der Waals surface area contributed by atoms with Crippen LogP contribution in [-0.4, -0.2) is 43.9 Å². The third kappa shape index (κ3) is 6.16. The second kappa shape index (κ2) is 11.3. The number of ketones is 1. The van der Waals surface area contributed by atoms with Crippen molar-refractivity contribution in [3.8, 4) is 11.5 Å². The Morgan fingerprint density at radius 2 is 1.65 bits per heavy atom. The number of Topliss-reactive ketones (excluding diaryl/α,β-unsaturated/α-hetero) is 1. The van der Waals surface area contributed by atoms with Crippen molar-refractivity contribution >= 4 is 40.9 Å². The van der Waals surface area contributed by atoms with Gasteiger partial charge in [-0.3, -0.25) is 14.4 Å². The molecule has 190 valence electrons. The van der Waals surface area contributed by atoms with Gasteiger partial charge in [0.1, 0.15) is 11.5 Å². The van der Waals surface area contributed by atoms with E-state index >= 15 is 0 Å². The fourth-order valence-corrected chi connectivity index (χ4v) is 4.04. The highest BCUT2D eigenvalue weighted by Crippen LogP contribution is 2.35. The molecule has 0 bridgehead atoms. The van der Waals surface area contributed by atoms with E-state index in [-0.39, 0.29) is 30.2 Å². The van der Waals surface area contributed by atoms with Crippen LogP contribution in [0.5, 0.6) is 11.5 Å². The number of ether oxygens (including phenoxy) is 3. The Morgan fingerprint density at radius 1 is 0.973 bits per heavy atom. The highest BCUT2D eigenvalue weighted by Gasteiger charge is 2.37. The molecular weight excluding hydrogens is 498 g/mol. The van der Waals surface area contributed by atoms with E-state index in [1.807, 2.05) is 19.1 Å². The fraction of sp³-hybridized carbons (Fsp3) is 0.214. The molecule has 0 N–H and O–H groups in total. The van der Waals surface area contributed by atoms with Crippen molar-refractivity contribution in [2.75, 3.05) is 25.2 Å². The van der Waals surface area contributed by atoms with E-state index in [1.165, 1.54) is 36.3 Å². The van der Waals surface area contributed by atoms with Crippen LogP contribution >= 0.6 is 11.6 Å². The minimum atomic E-state index is -0.729. The largest absolute Gasteiger partial charge is 0.495 e. The van der Waals surface area contributed by atoms with E-state index in [1.54, 1.807) is 30.3 Å². The van der Waals surface area contributed by atoms with Crippen molar-refractivity contribution in [2.24, 2.45) is 5.92 Å². The zero-order valence-corrected chi connectivity index (χ0v) is 21.0. The summed E-state index contributed by atoms with van der Waals surface area (Å²) in [5.41, 5.74) is 2.19. The van der Waals surface area contributed by atoms with Gasteiger partial charge in [-0.2, -0.15) is 0 Å². The maximum absolute atomic E-state index is 12.6. The normalized spacial score (nSPS) is 14.8. The number of methoxy groups -OCH3 is 1. The molecule has 8 nitrogen and oxygen atoms in total. The second-order valence-corrected chi connectivity index (χ2v) is 8.97. The van der Waals surface area contributed by atoms with Gasteiger partial charge in [0.15, 0.2) is 12.4 Å². The van der Waals surface area contributed by atoms with E-state index in [0.717, 1.165) is 5.56 Å². The van der Waals surface area contributed by atoms with Gasteiger partial charge in [0, 0.05) is 23.6 Å². The molecule has 9 heteroatoms. The van der Waals surface area contributed by atoms with Gasteiger partial charge >= 0.3 is 11.9 Å². The molecule has 0 saturated carbocycles. The second-order valence-electron chi connectivity index (χ2n) is 8.53. The topological polar surface area (TPSA) is 99.2 Å². The van der Waals surface area contributed by atoms with Crippen LogP contribution < -0.4 is 14.4 Å². The van der Waals surface area contributed by atoms with Crippen molar-refractivity contribution in [1.29, 1.82) is 0 Å². The first-order valence-electron chi connectivity index (χ1n) is 11.5. The maximum atomic E-state index is 12.6. The number of hydrogen-bond acceptors (Lipinski definition) is 7. The molecule has 0 aromatic heterocycles. The summed E-state index contributed by atoms with van der Waals surface area (Å²) in [4.78, 5) is 51.4. The van der Waals surface area contributed by atoms with Gasteiger partial charge in [-0.05, 0) is 61.5 Å². The van der Waals surface area contributed by atoms with Gasteiger partial charge in [0.25, 0.3) is 0 Å². The number of carbonyl (C=O) groups is 4. The van der Waals surface area contributed by atoms with Crippen LogP contribution in [0.2, 0.25) is 5.02 Å². The molecule has 1 amide bonds. The number of benzene rings is 3. The van der Waals surface area contributed by atoms with Crippen LogP contribution in [0.1, 0.15) is 32.7 Å². The van der Waals surface area contributed by atoms with E-state index < -0.39 is 30.2 Å². The molecule has 1 aliphatic rings. The summed E-state index contributed by atoms with van der Waals surface area (Å²) in [7, 11) is 1.48. The smallest absolute Gasteiger partial charge is 0.343 e. The summed E-state index contributed by atoms with van der Waals surface area (Å²) in [5.74, 6) is -1.85. The zero-order valence-electron chi connectivity index (χ0n) is 20.2. The highest BCUT2D eigenvalue weighted by atomic mass is 35.5. The van der Waals surface area contributed by atoms with Crippen molar-refractivity contribution in [3.63, 3.8) is 0 Å². The molecule has 1 saturated heterocycles. The molecule has 1 aliphatic heterocycles. The number of hydrogen-bond donors (Lipinski definition) is 0. The number of anilines is 1. The van der Waals surface area contributed by atoms with Crippen LogP contribution in [0.4, 0.5) is 5.69 Å². The molecule has 3 aromatic carbocycles. The number of rotatable bonds is 8. The van der Waals surface area contributed by atoms with Gasteiger partial charge in [-0.15, -0.1) is 0 Å². The van der Waals surface area contributed by atoms with Crippen molar-refractivity contribution < 1.29 is 33.4 Å². The molecule has 0 spiro atoms. The van der Waals surface area contributed by atoms with Crippen LogP contribution in [0.3, 0.4) is 0 Å². The Bertz CT molecular complexity index is 1340. The lowest BCUT2D eigenvalue weighted by Gasteiger charge is -2.19. The summed E-state index contributed by atoms with van der Waals surface area (Å²) < 4.78 is 15.8. The summed E-state index contributed by atoms with van der Waals surface area (Å²) in [6.07, 6.45) is -0.0518. The lowest BCUT2D eigenvalue weighted by Crippen LogP contribution is -2.27. The van der Waals surface area contributed by atoms with E-state index in [4.69, 9.17) is 25.8 Å². The van der Waals surface area contributed by atoms with Crippen LogP contribution in [0.15, 0.2) is 66.7 Å². The van der Waals surface area contributed by atoms with Gasteiger partial charge in [-0.1, -0.05) is 29.3 Å². The average molecular weight is 522 g/mol. The van der Waals surface area contributed by atoms with Crippen molar-refractivity contribution in [3.05, 3.63) is 88.4 Å². The minimum absolute atomic E-state index is 0.0518. The number of carbonyl (C=O) groups excluding carboxylic acids is 4. The standard InChI is InChI=1S/C28H24ClNO7/c1-17-3-5-19(6-4-17)28(34)37-22-10-7-18(8-11-22)24(31)16-36-27(33)20-13-26(32)30(15-20)23-14-21(29)9-12-25(23)35-2/h3-12,14,20H,13,15-16H2,1-2H3/t20-/m0/s1. The van der Waals surface area contributed by atoms with Gasteiger partial charge in [0.2, 0.25) is 5.91 Å². The molecule has 0 unspecified atom stereocenters. The summed E-state index contributed by atoms with van der Waals surface area (Å²) in [5, 5.41) is 0.427. The Labute approximate surface area is 218 Å². The summed E-state index contributed by atoms with van der Waals surface area (Å²) >= 11 is 6.06. The molecule has 4 rings (SSSR count).